The molecule has 35 heavy (non-hydrogen) atoms. The first-order chi connectivity index (χ1) is 16.5. The smallest absolute Gasteiger partial charge is 0.257 e. The second-order valence-electron chi connectivity index (χ2n) is 10.6. The molecule has 0 unspecified atom stereocenters. The summed E-state index contributed by atoms with van der Waals surface area (Å²) in [5.41, 5.74) is 0.795. The number of nitrogens with zero attached hydrogens (tertiary/aromatic N) is 2. The van der Waals surface area contributed by atoms with Crippen LogP contribution in [-0.4, -0.2) is 42.3 Å². The number of benzene rings is 2. The van der Waals surface area contributed by atoms with Gasteiger partial charge in [-0.1, -0.05) is 62.2 Å². The molecule has 1 aliphatic heterocycles. The van der Waals surface area contributed by atoms with E-state index >= 15 is 0 Å². The van der Waals surface area contributed by atoms with Gasteiger partial charge in [-0.2, -0.15) is 0 Å². The summed E-state index contributed by atoms with van der Waals surface area (Å²) in [5, 5.41) is 3.26. The van der Waals surface area contributed by atoms with E-state index in [0.29, 0.717) is 31.5 Å². The van der Waals surface area contributed by atoms with Crippen LogP contribution in [0.2, 0.25) is 0 Å². The highest BCUT2D eigenvalue weighted by atomic mass is 32.2. The quantitative estimate of drug-likeness (QED) is 0.571. The van der Waals surface area contributed by atoms with Crippen LogP contribution in [0.15, 0.2) is 53.4 Å². The van der Waals surface area contributed by atoms with Crippen molar-refractivity contribution in [3.63, 3.8) is 0 Å². The largest absolute Gasteiger partial charge is 0.272 e. The number of amides is 2. The van der Waals surface area contributed by atoms with E-state index in [1.165, 1.54) is 0 Å². The summed E-state index contributed by atoms with van der Waals surface area (Å²) in [6, 6.07) is 14.5. The molecule has 2 amide bonds. The molecule has 1 aliphatic carbocycles. The van der Waals surface area contributed by atoms with E-state index in [4.69, 9.17) is 0 Å². The van der Waals surface area contributed by atoms with Crippen molar-refractivity contribution in [2.24, 2.45) is 5.41 Å². The summed E-state index contributed by atoms with van der Waals surface area (Å²) in [4.78, 5) is 26.8. The number of carbonyl (C=O) groups is 2. The van der Waals surface area contributed by atoms with Crippen LogP contribution in [0.3, 0.4) is 0 Å². The van der Waals surface area contributed by atoms with Gasteiger partial charge < -0.3 is 0 Å². The summed E-state index contributed by atoms with van der Waals surface area (Å²) >= 11 is 0. The van der Waals surface area contributed by atoms with Crippen molar-refractivity contribution in [3.8, 4) is 11.1 Å². The van der Waals surface area contributed by atoms with E-state index in [9.17, 15) is 18.0 Å². The minimum Gasteiger partial charge on any atom is -0.272 e. The highest BCUT2D eigenvalue weighted by Crippen LogP contribution is 2.46. The third-order valence-corrected chi connectivity index (χ3v) is 8.50. The SMILES string of the molecule is CCCN1C(=O)C2(CCCC2)C(=O)N1Cc1ccc(-c2ccccc2S(=O)(=O)NC(C)(C)C)cc1. The zero-order chi connectivity index (χ0) is 25.4. The van der Waals surface area contributed by atoms with Gasteiger partial charge in [-0.05, 0) is 57.2 Å². The first-order valence-corrected chi connectivity index (χ1v) is 13.8. The molecule has 1 saturated heterocycles. The Labute approximate surface area is 208 Å². The molecule has 0 bridgehead atoms. The third kappa shape index (κ3) is 4.86. The Balaban J connectivity index is 1.60. The van der Waals surface area contributed by atoms with E-state index in [2.05, 4.69) is 4.72 Å². The summed E-state index contributed by atoms with van der Waals surface area (Å²) in [6.07, 6.45) is 3.86. The summed E-state index contributed by atoms with van der Waals surface area (Å²) < 4.78 is 28.8. The van der Waals surface area contributed by atoms with E-state index in [0.717, 1.165) is 30.4 Å². The van der Waals surface area contributed by atoms with Gasteiger partial charge in [0.1, 0.15) is 5.41 Å². The molecule has 0 aromatic heterocycles. The number of carbonyl (C=O) groups excluding carboxylic acids is 2. The van der Waals surface area contributed by atoms with Crippen LogP contribution in [0.1, 0.15) is 65.4 Å². The highest BCUT2D eigenvalue weighted by molar-refractivity contribution is 7.89. The highest BCUT2D eigenvalue weighted by Gasteiger charge is 2.58. The Morgan fingerprint density at radius 2 is 1.51 bits per heavy atom. The molecule has 2 aromatic rings. The summed E-state index contributed by atoms with van der Waals surface area (Å²) in [6.45, 7) is 8.27. The molecule has 2 aliphatic rings. The van der Waals surface area contributed by atoms with Gasteiger partial charge in [-0.25, -0.2) is 18.1 Å². The van der Waals surface area contributed by atoms with Crippen LogP contribution in [-0.2, 0) is 26.2 Å². The van der Waals surface area contributed by atoms with Crippen LogP contribution in [0.25, 0.3) is 11.1 Å². The fraction of sp³-hybridized carbons (Fsp3) is 0.481. The van der Waals surface area contributed by atoms with Crippen molar-refractivity contribution < 1.29 is 18.0 Å². The van der Waals surface area contributed by atoms with Crippen molar-refractivity contribution in [1.29, 1.82) is 0 Å². The van der Waals surface area contributed by atoms with Crippen molar-refractivity contribution in [3.05, 3.63) is 54.1 Å². The van der Waals surface area contributed by atoms with Gasteiger partial charge in [-0.15, -0.1) is 0 Å². The fourth-order valence-corrected chi connectivity index (χ4v) is 6.81. The Morgan fingerprint density at radius 1 is 0.914 bits per heavy atom. The maximum atomic E-state index is 13.4. The first kappa shape index (κ1) is 25.4. The van der Waals surface area contributed by atoms with E-state index in [-0.39, 0.29) is 16.7 Å². The maximum absolute atomic E-state index is 13.4. The van der Waals surface area contributed by atoms with Gasteiger partial charge in [-0.3, -0.25) is 14.6 Å². The molecule has 0 radical (unpaired) electrons. The van der Waals surface area contributed by atoms with Gasteiger partial charge in [0.2, 0.25) is 10.0 Å². The molecule has 4 rings (SSSR count). The Morgan fingerprint density at radius 3 is 2.11 bits per heavy atom. The number of hydrazine groups is 1. The van der Waals surface area contributed by atoms with Gasteiger partial charge in [0.05, 0.1) is 11.4 Å². The lowest BCUT2D eigenvalue weighted by molar-refractivity contribution is -0.148. The molecule has 2 fully saturated rings. The second kappa shape index (κ2) is 9.39. The lowest BCUT2D eigenvalue weighted by Crippen LogP contribution is -2.40. The van der Waals surface area contributed by atoms with Crippen LogP contribution in [0, 0.1) is 5.41 Å². The zero-order valence-corrected chi connectivity index (χ0v) is 21.8. The summed E-state index contributed by atoms with van der Waals surface area (Å²) in [5.74, 6) is -0.133. The minimum atomic E-state index is -3.71. The molecule has 0 atom stereocenters. The van der Waals surface area contributed by atoms with Crippen LogP contribution in [0.5, 0.6) is 0 Å². The maximum Gasteiger partial charge on any atom is 0.257 e. The molecule has 1 heterocycles. The topological polar surface area (TPSA) is 86.8 Å². The molecule has 1 spiro atoms. The van der Waals surface area contributed by atoms with Crippen molar-refractivity contribution in [2.45, 2.75) is 76.8 Å². The van der Waals surface area contributed by atoms with E-state index < -0.39 is 21.0 Å². The second-order valence-corrected chi connectivity index (χ2v) is 12.3. The Hall–Kier alpha value is -2.71. The van der Waals surface area contributed by atoms with Crippen molar-refractivity contribution in [2.75, 3.05) is 6.54 Å². The molecule has 1 saturated carbocycles. The standard InChI is InChI=1S/C27H35N3O4S/c1-5-18-29-24(31)27(16-8-9-17-27)25(32)30(29)19-20-12-14-21(15-13-20)22-10-6-7-11-23(22)35(33,34)28-26(2,3)4/h6-7,10-15,28H,5,8-9,16-19H2,1-4H3. The minimum absolute atomic E-state index is 0.0519. The first-order valence-electron chi connectivity index (χ1n) is 12.3. The van der Waals surface area contributed by atoms with Gasteiger partial charge in [0, 0.05) is 17.6 Å². The molecule has 2 aromatic carbocycles. The number of hydrogen-bond donors (Lipinski definition) is 1. The molecular weight excluding hydrogens is 462 g/mol. The predicted molar refractivity (Wildman–Crippen MR) is 135 cm³/mol. The Bertz CT molecular complexity index is 1210. The van der Waals surface area contributed by atoms with Crippen LogP contribution in [0.4, 0.5) is 0 Å². The normalized spacial score (nSPS) is 18.2. The van der Waals surface area contributed by atoms with E-state index in [1.807, 2.05) is 58.0 Å². The van der Waals surface area contributed by atoms with Gasteiger partial charge in [0.25, 0.3) is 11.8 Å². The van der Waals surface area contributed by atoms with Gasteiger partial charge in [0.15, 0.2) is 0 Å². The van der Waals surface area contributed by atoms with Crippen LogP contribution < -0.4 is 4.72 Å². The molecule has 8 heteroatoms. The van der Waals surface area contributed by atoms with Gasteiger partial charge >= 0.3 is 0 Å². The molecule has 1 N–H and O–H groups in total. The lowest BCUT2D eigenvalue weighted by Gasteiger charge is -2.27. The molecule has 188 valence electrons. The Kier molecular flexibility index (Phi) is 6.81. The number of sulfonamides is 1. The van der Waals surface area contributed by atoms with E-state index in [1.54, 1.807) is 28.2 Å². The zero-order valence-electron chi connectivity index (χ0n) is 21.0. The summed E-state index contributed by atoms with van der Waals surface area (Å²) in [7, 11) is -3.71. The van der Waals surface area contributed by atoms with Crippen molar-refractivity contribution >= 4 is 21.8 Å². The van der Waals surface area contributed by atoms with Crippen LogP contribution >= 0.6 is 0 Å². The average Bonchev–Trinajstić information content (AvgIpc) is 3.36. The third-order valence-electron chi connectivity index (χ3n) is 6.69. The number of rotatable bonds is 7. The predicted octanol–water partition coefficient (Wildman–Crippen LogP) is 4.49. The van der Waals surface area contributed by atoms with Crippen molar-refractivity contribution in [1.82, 2.24) is 14.7 Å². The number of nitrogens with one attached hydrogen (secondary N) is 1. The molecular formula is C27H35N3O4S. The lowest BCUT2D eigenvalue weighted by atomic mass is 9.85. The number of hydrogen-bond acceptors (Lipinski definition) is 4. The average molecular weight is 498 g/mol. The molecule has 7 nitrogen and oxygen atoms in total. The monoisotopic (exact) mass is 497 g/mol. The fourth-order valence-electron chi connectivity index (χ4n) is 5.16.